The lowest BCUT2D eigenvalue weighted by molar-refractivity contribution is 0.0691. The maximum Gasteiger partial charge on any atom is 0.345 e. The van der Waals surface area contributed by atoms with Gasteiger partial charge in [0.15, 0.2) is 5.56 Å². The topological polar surface area (TPSA) is 68.5 Å². The van der Waals surface area contributed by atoms with E-state index in [4.69, 9.17) is 4.74 Å². The standard InChI is InChI=1S/C14H15NO4/c1-7-5-6-9-10(8(7)2)12(19-4)11(14(17)18)13(16)15(9)3/h5-6H,1-4H3,(H,17,18). The van der Waals surface area contributed by atoms with Crippen molar-refractivity contribution in [2.45, 2.75) is 13.8 Å². The van der Waals surface area contributed by atoms with E-state index in [1.54, 1.807) is 13.1 Å². The molecule has 0 radical (unpaired) electrons. The molecule has 0 spiro atoms. The fraction of sp³-hybridized carbons (Fsp3) is 0.286. The highest BCUT2D eigenvalue weighted by atomic mass is 16.5. The lowest BCUT2D eigenvalue weighted by atomic mass is 10.0. The fourth-order valence-electron chi connectivity index (χ4n) is 2.26. The molecule has 0 atom stereocenters. The molecule has 2 rings (SSSR count). The van der Waals surface area contributed by atoms with E-state index in [9.17, 15) is 14.7 Å². The number of carboxylic acid groups (broad SMARTS) is 1. The molecule has 0 unspecified atom stereocenters. The van der Waals surface area contributed by atoms with Gasteiger partial charge in [0.05, 0.1) is 12.6 Å². The predicted octanol–water partition coefficient (Wildman–Crippen LogP) is 1.86. The van der Waals surface area contributed by atoms with Crippen LogP contribution in [0.25, 0.3) is 10.9 Å². The number of pyridine rings is 1. The quantitative estimate of drug-likeness (QED) is 0.896. The molecular formula is C14H15NO4. The Bertz CT molecular complexity index is 743. The average Bonchev–Trinajstić information content (AvgIpc) is 2.36. The number of methoxy groups -OCH3 is 1. The number of nitrogens with zero attached hydrogens (tertiary/aromatic N) is 1. The van der Waals surface area contributed by atoms with E-state index in [0.29, 0.717) is 10.9 Å². The number of carbonyl (C=O) groups is 1. The zero-order valence-corrected chi connectivity index (χ0v) is 11.3. The van der Waals surface area contributed by atoms with Gasteiger partial charge >= 0.3 is 5.97 Å². The Balaban J connectivity index is 3.16. The molecule has 1 aromatic heterocycles. The van der Waals surface area contributed by atoms with Crippen molar-refractivity contribution in [3.63, 3.8) is 0 Å². The second kappa shape index (κ2) is 4.42. The van der Waals surface area contributed by atoms with Crippen molar-refractivity contribution in [2.24, 2.45) is 7.05 Å². The highest BCUT2D eigenvalue weighted by molar-refractivity contribution is 6.00. The van der Waals surface area contributed by atoms with Crippen molar-refractivity contribution in [1.29, 1.82) is 0 Å². The first-order valence-corrected chi connectivity index (χ1v) is 5.80. The summed E-state index contributed by atoms with van der Waals surface area (Å²) in [5, 5.41) is 9.90. The number of hydrogen-bond donors (Lipinski definition) is 1. The number of benzene rings is 1. The van der Waals surface area contributed by atoms with E-state index in [0.717, 1.165) is 11.1 Å². The maximum atomic E-state index is 12.1. The van der Waals surface area contributed by atoms with Crippen LogP contribution in [0.5, 0.6) is 5.75 Å². The first kappa shape index (κ1) is 13.1. The summed E-state index contributed by atoms with van der Waals surface area (Å²) in [4.78, 5) is 23.4. The van der Waals surface area contributed by atoms with Gasteiger partial charge in [0.2, 0.25) is 0 Å². The summed E-state index contributed by atoms with van der Waals surface area (Å²) in [6.07, 6.45) is 0. The first-order valence-electron chi connectivity index (χ1n) is 5.80. The van der Waals surface area contributed by atoms with E-state index in [1.165, 1.54) is 11.7 Å². The molecule has 0 amide bonds. The van der Waals surface area contributed by atoms with Crippen molar-refractivity contribution in [1.82, 2.24) is 4.57 Å². The molecule has 1 N–H and O–H groups in total. The Kier molecular flexibility index (Phi) is 3.06. The van der Waals surface area contributed by atoms with Crippen LogP contribution >= 0.6 is 0 Å². The molecule has 0 bridgehead atoms. The SMILES string of the molecule is COc1c(C(=O)O)c(=O)n(C)c2ccc(C)c(C)c12. The maximum absolute atomic E-state index is 12.1. The van der Waals surface area contributed by atoms with Crippen LogP contribution < -0.4 is 10.3 Å². The molecule has 1 heterocycles. The Hall–Kier alpha value is -2.30. The second-order valence-electron chi connectivity index (χ2n) is 4.48. The molecule has 5 heteroatoms. The molecule has 0 saturated heterocycles. The predicted molar refractivity (Wildman–Crippen MR) is 72.2 cm³/mol. The third-order valence-corrected chi connectivity index (χ3v) is 3.47. The van der Waals surface area contributed by atoms with Crippen molar-refractivity contribution >= 4 is 16.9 Å². The molecule has 0 aliphatic carbocycles. The Labute approximate surface area is 110 Å². The number of aromatic carboxylic acids is 1. The Morgan fingerprint density at radius 2 is 1.95 bits per heavy atom. The van der Waals surface area contributed by atoms with Gasteiger partial charge in [-0.15, -0.1) is 0 Å². The van der Waals surface area contributed by atoms with Crippen LogP contribution in [0.15, 0.2) is 16.9 Å². The van der Waals surface area contributed by atoms with Crippen molar-refractivity contribution < 1.29 is 14.6 Å². The fourth-order valence-corrected chi connectivity index (χ4v) is 2.26. The van der Waals surface area contributed by atoms with Crippen LogP contribution in [0.3, 0.4) is 0 Å². The van der Waals surface area contributed by atoms with Crippen LogP contribution in [0, 0.1) is 13.8 Å². The van der Waals surface area contributed by atoms with Crippen molar-refractivity contribution in [2.75, 3.05) is 7.11 Å². The van der Waals surface area contributed by atoms with Crippen molar-refractivity contribution in [3.8, 4) is 5.75 Å². The second-order valence-corrected chi connectivity index (χ2v) is 4.48. The molecular weight excluding hydrogens is 246 g/mol. The molecule has 19 heavy (non-hydrogen) atoms. The van der Waals surface area contributed by atoms with Crippen LogP contribution in [0.1, 0.15) is 21.5 Å². The summed E-state index contributed by atoms with van der Waals surface area (Å²) in [5.74, 6) is -1.15. The summed E-state index contributed by atoms with van der Waals surface area (Å²) < 4.78 is 6.54. The molecule has 0 fully saturated rings. The van der Waals surface area contributed by atoms with Gasteiger partial charge in [-0.1, -0.05) is 6.07 Å². The average molecular weight is 261 g/mol. The van der Waals surface area contributed by atoms with Gasteiger partial charge in [0.1, 0.15) is 5.75 Å². The van der Waals surface area contributed by atoms with Crippen LogP contribution in [-0.2, 0) is 7.05 Å². The van der Waals surface area contributed by atoms with Gasteiger partial charge in [0.25, 0.3) is 5.56 Å². The zero-order valence-electron chi connectivity index (χ0n) is 11.3. The largest absolute Gasteiger partial charge is 0.495 e. The molecule has 1 aromatic carbocycles. The number of aromatic nitrogens is 1. The third-order valence-electron chi connectivity index (χ3n) is 3.47. The number of fused-ring (bicyclic) bond motifs is 1. The summed E-state index contributed by atoms with van der Waals surface area (Å²) in [5.41, 5.74) is 1.69. The van der Waals surface area contributed by atoms with Crippen LogP contribution in [0.2, 0.25) is 0 Å². The van der Waals surface area contributed by atoms with Crippen LogP contribution in [0.4, 0.5) is 0 Å². The van der Waals surface area contributed by atoms with Gasteiger partial charge < -0.3 is 14.4 Å². The van der Waals surface area contributed by atoms with Gasteiger partial charge in [-0.2, -0.15) is 0 Å². The molecule has 2 aromatic rings. The number of rotatable bonds is 2. The minimum absolute atomic E-state index is 0.131. The Morgan fingerprint density at radius 3 is 2.47 bits per heavy atom. The van der Waals surface area contributed by atoms with Gasteiger partial charge in [-0.25, -0.2) is 4.79 Å². The normalized spacial score (nSPS) is 10.7. The van der Waals surface area contributed by atoms with Gasteiger partial charge in [-0.05, 0) is 31.0 Å². The van der Waals surface area contributed by atoms with E-state index in [2.05, 4.69) is 0 Å². The smallest absolute Gasteiger partial charge is 0.345 e. The highest BCUT2D eigenvalue weighted by Gasteiger charge is 2.22. The molecule has 100 valence electrons. The number of carboxylic acids is 1. The highest BCUT2D eigenvalue weighted by Crippen LogP contribution is 2.31. The number of aryl methyl sites for hydroxylation is 3. The summed E-state index contributed by atoms with van der Waals surface area (Å²) in [6, 6.07) is 3.70. The van der Waals surface area contributed by atoms with Crippen LogP contribution in [-0.4, -0.2) is 22.8 Å². The molecule has 0 aliphatic rings. The molecule has 0 aliphatic heterocycles. The van der Waals surface area contributed by atoms with Crippen molar-refractivity contribution in [3.05, 3.63) is 39.2 Å². The number of hydrogen-bond acceptors (Lipinski definition) is 3. The van der Waals surface area contributed by atoms with E-state index in [-0.39, 0.29) is 11.3 Å². The first-order chi connectivity index (χ1) is 8.90. The monoisotopic (exact) mass is 261 g/mol. The minimum atomic E-state index is -1.28. The molecule has 5 nitrogen and oxygen atoms in total. The lowest BCUT2D eigenvalue weighted by Gasteiger charge is -2.15. The lowest BCUT2D eigenvalue weighted by Crippen LogP contribution is -2.26. The third kappa shape index (κ3) is 1.78. The number of ether oxygens (including phenoxy) is 1. The summed E-state index contributed by atoms with van der Waals surface area (Å²) >= 11 is 0. The Morgan fingerprint density at radius 1 is 1.32 bits per heavy atom. The van der Waals surface area contributed by atoms with Gasteiger partial charge in [-0.3, -0.25) is 4.79 Å². The minimum Gasteiger partial charge on any atom is -0.495 e. The van der Waals surface area contributed by atoms with E-state index < -0.39 is 11.5 Å². The summed E-state index contributed by atoms with van der Waals surface area (Å²) in [6.45, 7) is 3.82. The van der Waals surface area contributed by atoms with E-state index >= 15 is 0 Å². The molecule has 0 saturated carbocycles. The summed E-state index contributed by atoms with van der Waals surface area (Å²) in [7, 11) is 2.94. The zero-order chi connectivity index (χ0) is 14.3. The van der Waals surface area contributed by atoms with E-state index in [1.807, 2.05) is 19.9 Å². The van der Waals surface area contributed by atoms with Gasteiger partial charge in [0, 0.05) is 12.4 Å².